The first-order valence-corrected chi connectivity index (χ1v) is 6.57. The summed E-state index contributed by atoms with van der Waals surface area (Å²) in [6.07, 6.45) is 0. The van der Waals surface area contributed by atoms with Crippen molar-refractivity contribution in [3.8, 4) is 0 Å². The highest BCUT2D eigenvalue weighted by Gasteiger charge is 2.07. The number of hydrogen-bond donors (Lipinski definition) is 1. The molecule has 0 fully saturated rings. The van der Waals surface area contributed by atoms with E-state index >= 15 is 0 Å². The van der Waals surface area contributed by atoms with Crippen LogP contribution in [0.2, 0.25) is 0 Å². The van der Waals surface area contributed by atoms with Gasteiger partial charge >= 0.3 is 0 Å². The van der Waals surface area contributed by atoms with Gasteiger partial charge in [-0.25, -0.2) is 0 Å². The Morgan fingerprint density at radius 2 is 1.76 bits per heavy atom. The molecule has 1 amide bonds. The monoisotopic (exact) mass is 353 g/mol. The van der Waals surface area contributed by atoms with Gasteiger partial charge in [0.25, 0.3) is 5.91 Å². The zero-order valence-electron chi connectivity index (χ0n) is 8.78. The van der Waals surface area contributed by atoms with Gasteiger partial charge in [0.05, 0.1) is 5.69 Å². The minimum atomic E-state index is -0.127. The van der Waals surface area contributed by atoms with Crippen LogP contribution < -0.4 is 5.32 Å². The molecule has 2 aromatic rings. The average molecular weight is 355 g/mol. The first-order valence-electron chi connectivity index (χ1n) is 4.98. The summed E-state index contributed by atoms with van der Waals surface area (Å²) in [6.45, 7) is 0. The number of nitrogens with one attached hydrogen (secondary N) is 1. The standard InChI is InChI=1S/C13H9Br2NO/c14-10-5-3-4-9(8-10)13(17)16-12-7-2-1-6-11(12)15/h1-8H,(H,16,17). The molecule has 1 N–H and O–H groups in total. The van der Waals surface area contributed by atoms with E-state index in [2.05, 4.69) is 37.2 Å². The Morgan fingerprint density at radius 1 is 1.00 bits per heavy atom. The van der Waals surface area contributed by atoms with Gasteiger partial charge < -0.3 is 5.32 Å². The second kappa shape index (κ2) is 5.47. The van der Waals surface area contributed by atoms with Crippen LogP contribution in [0.15, 0.2) is 57.5 Å². The molecule has 0 heterocycles. The van der Waals surface area contributed by atoms with Crippen molar-refractivity contribution >= 4 is 43.5 Å². The molecule has 0 saturated heterocycles. The zero-order valence-corrected chi connectivity index (χ0v) is 12.0. The van der Waals surface area contributed by atoms with Gasteiger partial charge in [-0.2, -0.15) is 0 Å². The second-order valence-electron chi connectivity index (χ2n) is 3.44. The van der Waals surface area contributed by atoms with Crippen LogP contribution >= 0.6 is 31.9 Å². The van der Waals surface area contributed by atoms with Crippen molar-refractivity contribution in [3.05, 3.63) is 63.0 Å². The van der Waals surface area contributed by atoms with Gasteiger partial charge in [-0.1, -0.05) is 34.1 Å². The van der Waals surface area contributed by atoms with Crippen molar-refractivity contribution in [1.82, 2.24) is 0 Å². The molecule has 0 aliphatic heterocycles. The third kappa shape index (κ3) is 3.17. The highest BCUT2D eigenvalue weighted by atomic mass is 79.9. The number of para-hydroxylation sites is 1. The van der Waals surface area contributed by atoms with Crippen LogP contribution in [-0.4, -0.2) is 5.91 Å². The van der Waals surface area contributed by atoms with Crippen molar-refractivity contribution in [1.29, 1.82) is 0 Å². The molecule has 0 atom stereocenters. The number of benzene rings is 2. The molecule has 2 nitrogen and oxygen atoms in total. The van der Waals surface area contributed by atoms with Gasteiger partial charge in [-0.15, -0.1) is 0 Å². The van der Waals surface area contributed by atoms with Crippen LogP contribution in [-0.2, 0) is 0 Å². The molecule has 0 aliphatic rings. The van der Waals surface area contributed by atoms with E-state index in [-0.39, 0.29) is 5.91 Å². The smallest absolute Gasteiger partial charge is 0.255 e. The molecular formula is C13H9Br2NO. The summed E-state index contributed by atoms with van der Waals surface area (Å²) < 4.78 is 1.75. The molecule has 0 aromatic heterocycles. The molecule has 0 radical (unpaired) electrons. The van der Waals surface area contributed by atoms with E-state index in [9.17, 15) is 4.79 Å². The fourth-order valence-corrected chi connectivity index (χ4v) is 2.17. The molecule has 4 heteroatoms. The number of hydrogen-bond acceptors (Lipinski definition) is 1. The Bertz CT molecular complexity index is 555. The molecule has 0 spiro atoms. The van der Waals surface area contributed by atoms with E-state index in [0.29, 0.717) is 5.56 Å². The lowest BCUT2D eigenvalue weighted by Gasteiger charge is -2.07. The molecule has 0 saturated carbocycles. The van der Waals surface area contributed by atoms with Gasteiger partial charge in [-0.05, 0) is 46.3 Å². The van der Waals surface area contributed by atoms with Gasteiger partial charge in [-0.3, -0.25) is 4.79 Å². The van der Waals surface area contributed by atoms with Crippen molar-refractivity contribution in [2.24, 2.45) is 0 Å². The summed E-state index contributed by atoms with van der Waals surface area (Å²) in [6, 6.07) is 14.8. The first kappa shape index (κ1) is 12.3. The summed E-state index contributed by atoms with van der Waals surface area (Å²) >= 11 is 6.73. The Balaban J connectivity index is 2.20. The summed E-state index contributed by atoms with van der Waals surface area (Å²) in [5.74, 6) is -0.127. The van der Waals surface area contributed by atoms with Gasteiger partial charge in [0, 0.05) is 14.5 Å². The third-order valence-corrected chi connectivity index (χ3v) is 3.39. The lowest BCUT2D eigenvalue weighted by atomic mass is 10.2. The van der Waals surface area contributed by atoms with E-state index in [1.807, 2.05) is 36.4 Å². The molecular weight excluding hydrogens is 346 g/mol. The van der Waals surface area contributed by atoms with Crippen molar-refractivity contribution in [2.45, 2.75) is 0 Å². The number of amides is 1. The highest BCUT2D eigenvalue weighted by molar-refractivity contribution is 9.10. The zero-order chi connectivity index (χ0) is 12.3. The second-order valence-corrected chi connectivity index (χ2v) is 5.21. The van der Waals surface area contributed by atoms with Crippen LogP contribution in [0.4, 0.5) is 5.69 Å². The molecule has 2 aromatic carbocycles. The van der Waals surface area contributed by atoms with Crippen molar-refractivity contribution < 1.29 is 4.79 Å². The number of carbonyl (C=O) groups excluding carboxylic acids is 1. The fourth-order valence-electron chi connectivity index (χ4n) is 1.39. The van der Waals surface area contributed by atoms with Crippen LogP contribution in [0, 0.1) is 0 Å². The lowest BCUT2D eigenvalue weighted by molar-refractivity contribution is 0.102. The predicted molar refractivity (Wildman–Crippen MR) is 76.2 cm³/mol. The summed E-state index contributed by atoms with van der Waals surface area (Å²) in [5.41, 5.74) is 1.38. The highest BCUT2D eigenvalue weighted by Crippen LogP contribution is 2.22. The van der Waals surface area contributed by atoms with E-state index in [1.54, 1.807) is 12.1 Å². The van der Waals surface area contributed by atoms with Crippen LogP contribution in [0.3, 0.4) is 0 Å². The average Bonchev–Trinajstić information content (AvgIpc) is 2.32. The molecule has 0 aliphatic carbocycles. The molecule has 17 heavy (non-hydrogen) atoms. The number of rotatable bonds is 2. The topological polar surface area (TPSA) is 29.1 Å². The largest absolute Gasteiger partial charge is 0.321 e. The quantitative estimate of drug-likeness (QED) is 0.847. The number of anilines is 1. The Labute approximate surface area is 116 Å². The van der Waals surface area contributed by atoms with Gasteiger partial charge in [0.2, 0.25) is 0 Å². The van der Waals surface area contributed by atoms with Gasteiger partial charge in [0.1, 0.15) is 0 Å². The Hall–Kier alpha value is -1.13. The SMILES string of the molecule is O=C(Nc1ccccc1Br)c1cccc(Br)c1. The Kier molecular flexibility index (Phi) is 3.97. The number of halogens is 2. The fraction of sp³-hybridized carbons (Fsp3) is 0. The summed E-state index contributed by atoms with van der Waals surface area (Å²) in [7, 11) is 0. The number of carbonyl (C=O) groups is 1. The summed E-state index contributed by atoms with van der Waals surface area (Å²) in [4.78, 5) is 12.0. The first-order chi connectivity index (χ1) is 8.16. The van der Waals surface area contributed by atoms with Crippen molar-refractivity contribution in [2.75, 3.05) is 5.32 Å². The third-order valence-electron chi connectivity index (χ3n) is 2.21. The molecule has 2 rings (SSSR count). The molecule has 86 valence electrons. The molecule has 0 bridgehead atoms. The van der Waals surface area contributed by atoms with Gasteiger partial charge in [0.15, 0.2) is 0 Å². The van der Waals surface area contributed by atoms with E-state index in [1.165, 1.54) is 0 Å². The predicted octanol–water partition coefficient (Wildman–Crippen LogP) is 4.46. The van der Waals surface area contributed by atoms with E-state index < -0.39 is 0 Å². The Morgan fingerprint density at radius 3 is 2.47 bits per heavy atom. The normalized spacial score (nSPS) is 10.0. The maximum atomic E-state index is 12.0. The van der Waals surface area contributed by atoms with E-state index in [4.69, 9.17) is 0 Å². The van der Waals surface area contributed by atoms with Crippen molar-refractivity contribution in [3.63, 3.8) is 0 Å². The minimum absolute atomic E-state index is 0.127. The van der Waals surface area contributed by atoms with E-state index in [0.717, 1.165) is 14.6 Å². The lowest BCUT2D eigenvalue weighted by Crippen LogP contribution is -2.12. The van der Waals surface area contributed by atoms with Crippen LogP contribution in [0.1, 0.15) is 10.4 Å². The van der Waals surface area contributed by atoms with Crippen LogP contribution in [0.25, 0.3) is 0 Å². The maximum absolute atomic E-state index is 12.0. The maximum Gasteiger partial charge on any atom is 0.255 e. The molecule has 0 unspecified atom stereocenters. The minimum Gasteiger partial charge on any atom is -0.321 e. The van der Waals surface area contributed by atoms with Crippen LogP contribution in [0.5, 0.6) is 0 Å². The summed E-state index contributed by atoms with van der Waals surface area (Å²) in [5, 5.41) is 2.85.